The van der Waals surface area contributed by atoms with Crippen molar-refractivity contribution >= 4 is 11.9 Å². The van der Waals surface area contributed by atoms with E-state index in [-0.39, 0.29) is 11.9 Å². The van der Waals surface area contributed by atoms with Crippen LogP contribution in [0.25, 0.3) is 0 Å². The molecule has 5 nitrogen and oxygen atoms in total. The van der Waals surface area contributed by atoms with Gasteiger partial charge in [0.2, 0.25) is 5.91 Å². The van der Waals surface area contributed by atoms with Gasteiger partial charge in [0.1, 0.15) is 0 Å². The topological polar surface area (TPSA) is 75.6 Å². The third-order valence-corrected chi connectivity index (χ3v) is 4.10. The number of carbonyl (C=O) groups excluding carboxylic acids is 1. The van der Waals surface area contributed by atoms with Crippen molar-refractivity contribution in [2.24, 2.45) is 17.8 Å². The SMILES string of the molecule is CCC1CC(C(=O)O)C(C(=O)NC(CC)COC)C1. The van der Waals surface area contributed by atoms with Crippen molar-refractivity contribution in [3.8, 4) is 0 Å². The summed E-state index contributed by atoms with van der Waals surface area (Å²) in [6.45, 7) is 4.48. The van der Waals surface area contributed by atoms with E-state index in [1.54, 1.807) is 7.11 Å². The fraction of sp³-hybridized carbons (Fsp3) is 0.857. The number of hydrogen-bond acceptors (Lipinski definition) is 3. The number of carboxylic acid groups (broad SMARTS) is 1. The molecule has 0 saturated heterocycles. The summed E-state index contributed by atoms with van der Waals surface area (Å²) in [6.07, 6.45) is 3.01. The minimum atomic E-state index is -0.851. The van der Waals surface area contributed by atoms with Crippen LogP contribution in [0.2, 0.25) is 0 Å². The zero-order chi connectivity index (χ0) is 14.4. The Morgan fingerprint density at radius 3 is 2.42 bits per heavy atom. The first-order chi connectivity index (χ1) is 9.03. The summed E-state index contributed by atoms with van der Waals surface area (Å²) >= 11 is 0. The summed E-state index contributed by atoms with van der Waals surface area (Å²) in [5.41, 5.74) is 0. The summed E-state index contributed by atoms with van der Waals surface area (Å²) in [7, 11) is 1.59. The Labute approximate surface area is 114 Å². The van der Waals surface area contributed by atoms with E-state index in [2.05, 4.69) is 5.32 Å². The molecule has 0 radical (unpaired) electrons. The van der Waals surface area contributed by atoms with E-state index in [0.717, 1.165) is 12.8 Å². The van der Waals surface area contributed by atoms with Gasteiger partial charge >= 0.3 is 5.97 Å². The van der Waals surface area contributed by atoms with Gasteiger partial charge in [0.15, 0.2) is 0 Å². The van der Waals surface area contributed by atoms with Gasteiger partial charge in [-0.1, -0.05) is 20.3 Å². The van der Waals surface area contributed by atoms with E-state index < -0.39 is 17.8 Å². The van der Waals surface area contributed by atoms with E-state index in [9.17, 15) is 14.7 Å². The van der Waals surface area contributed by atoms with Gasteiger partial charge in [0.25, 0.3) is 0 Å². The van der Waals surface area contributed by atoms with Crippen LogP contribution in [0, 0.1) is 17.8 Å². The zero-order valence-electron chi connectivity index (χ0n) is 12.0. The van der Waals surface area contributed by atoms with Crippen molar-refractivity contribution in [1.82, 2.24) is 5.32 Å². The predicted octanol–water partition coefficient (Wildman–Crippen LogP) is 1.66. The maximum absolute atomic E-state index is 12.2. The quantitative estimate of drug-likeness (QED) is 0.738. The number of methoxy groups -OCH3 is 1. The van der Waals surface area contributed by atoms with Crippen molar-refractivity contribution < 1.29 is 19.4 Å². The normalized spacial score (nSPS) is 28.1. The molecule has 19 heavy (non-hydrogen) atoms. The average Bonchev–Trinajstić information content (AvgIpc) is 2.82. The molecule has 0 aromatic heterocycles. The summed E-state index contributed by atoms with van der Waals surface area (Å²) in [5, 5.41) is 12.1. The number of ether oxygens (including phenoxy) is 1. The third-order valence-electron chi connectivity index (χ3n) is 4.10. The van der Waals surface area contributed by atoms with Crippen LogP contribution in [0.3, 0.4) is 0 Å². The first-order valence-electron chi connectivity index (χ1n) is 7.05. The van der Waals surface area contributed by atoms with Gasteiger partial charge in [-0.05, 0) is 25.2 Å². The zero-order valence-corrected chi connectivity index (χ0v) is 12.0. The lowest BCUT2D eigenvalue weighted by atomic mass is 9.95. The molecule has 1 amide bonds. The Hall–Kier alpha value is -1.10. The number of amides is 1. The Balaban J connectivity index is 2.65. The van der Waals surface area contributed by atoms with Crippen LogP contribution in [0.5, 0.6) is 0 Å². The van der Waals surface area contributed by atoms with Gasteiger partial charge in [-0.2, -0.15) is 0 Å². The van der Waals surface area contributed by atoms with E-state index in [4.69, 9.17) is 4.74 Å². The second-order valence-electron chi connectivity index (χ2n) is 5.37. The molecule has 0 bridgehead atoms. The minimum Gasteiger partial charge on any atom is -0.481 e. The number of hydrogen-bond donors (Lipinski definition) is 2. The number of carbonyl (C=O) groups is 2. The van der Waals surface area contributed by atoms with Gasteiger partial charge in [0, 0.05) is 7.11 Å². The van der Waals surface area contributed by atoms with E-state index in [1.807, 2.05) is 13.8 Å². The second kappa shape index (κ2) is 7.48. The molecule has 1 aliphatic rings. The number of aliphatic carboxylic acids is 1. The maximum Gasteiger partial charge on any atom is 0.307 e. The average molecular weight is 271 g/mol. The molecule has 1 rings (SSSR count). The molecule has 5 heteroatoms. The number of nitrogens with one attached hydrogen (secondary N) is 1. The van der Waals surface area contributed by atoms with Crippen molar-refractivity contribution in [3.05, 3.63) is 0 Å². The van der Waals surface area contributed by atoms with Crippen LogP contribution in [-0.2, 0) is 14.3 Å². The van der Waals surface area contributed by atoms with Crippen molar-refractivity contribution in [2.75, 3.05) is 13.7 Å². The molecule has 0 aromatic rings. The molecule has 1 aliphatic carbocycles. The lowest BCUT2D eigenvalue weighted by molar-refractivity contribution is -0.146. The molecular weight excluding hydrogens is 246 g/mol. The highest BCUT2D eigenvalue weighted by Gasteiger charge is 2.42. The summed E-state index contributed by atoms with van der Waals surface area (Å²) in [4.78, 5) is 23.5. The third kappa shape index (κ3) is 4.20. The van der Waals surface area contributed by atoms with Crippen molar-refractivity contribution in [1.29, 1.82) is 0 Å². The van der Waals surface area contributed by atoms with Crippen LogP contribution in [0.15, 0.2) is 0 Å². The Bertz CT molecular complexity index is 319. The molecule has 110 valence electrons. The molecule has 1 fully saturated rings. The van der Waals surface area contributed by atoms with Gasteiger partial charge < -0.3 is 15.2 Å². The smallest absolute Gasteiger partial charge is 0.307 e. The predicted molar refractivity (Wildman–Crippen MR) is 71.7 cm³/mol. The summed E-state index contributed by atoms with van der Waals surface area (Å²) in [5.74, 6) is -1.57. The van der Waals surface area contributed by atoms with E-state index >= 15 is 0 Å². The molecule has 0 aliphatic heterocycles. The van der Waals surface area contributed by atoms with Gasteiger partial charge in [-0.3, -0.25) is 9.59 Å². The van der Waals surface area contributed by atoms with Gasteiger partial charge in [0.05, 0.1) is 24.5 Å². The summed E-state index contributed by atoms with van der Waals surface area (Å²) < 4.78 is 5.04. The fourth-order valence-electron chi connectivity index (χ4n) is 2.81. The van der Waals surface area contributed by atoms with Crippen LogP contribution in [-0.4, -0.2) is 36.7 Å². The molecule has 1 saturated carbocycles. The number of rotatable bonds is 7. The number of carboxylic acids is 1. The molecule has 0 heterocycles. The van der Waals surface area contributed by atoms with Crippen LogP contribution >= 0.6 is 0 Å². The molecule has 0 spiro atoms. The van der Waals surface area contributed by atoms with Gasteiger partial charge in [-0.15, -0.1) is 0 Å². The Kier molecular flexibility index (Phi) is 6.28. The molecule has 4 unspecified atom stereocenters. The first kappa shape index (κ1) is 16.0. The Morgan fingerprint density at radius 1 is 1.32 bits per heavy atom. The maximum atomic E-state index is 12.2. The fourth-order valence-corrected chi connectivity index (χ4v) is 2.81. The summed E-state index contributed by atoms with van der Waals surface area (Å²) in [6, 6.07) is -0.0346. The van der Waals surface area contributed by atoms with Crippen molar-refractivity contribution in [3.63, 3.8) is 0 Å². The standard InChI is InChI=1S/C14H25NO4/c1-4-9-6-11(12(7-9)14(17)18)13(16)15-10(5-2)8-19-3/h9-12H,4-8H2,1-3H3,(H,15,16)(H,17,18). The van der Waals surface area contributed by atoms with Crippen molar-refractivity contribution in [2.45, 2.75) is 45.6 Å². The van der Waals surface area contributed by atoms with Crippen LogP contribution in [0.1, 0.15) is 39.5 Å². The van der Waals surface area contributed by atoms with E-state index in [0.29, 0.717) is 25.4 Å². The molecule has 4 atom stereocenters. The second-order valence-corrected chi connectivity index (χ2v) is 5.37. The van der Waals surface area contributed by atoms with Crippen LogP contribution < -0.4 is 5.32 Å². The lowest BCUT2D eigenvalue weighted by Gasteiger charge is -2.21. The highest BCUT2D eigenvalue weighted by molar-refractivity contribution is 5.85. The molecule has 2 N–H and O–H groups in total. The van der Waals surface area contributed by atoms with Gasteiger partial charge in [-0.25, -0.2) is 0 Å². The van der Waals surface area contributed by atoms with E-state index in [1.165, 1.54) is 0 Å². The first-order valence-corrected chi connectivity index (χ1v) is 7.05. The highest BCUT2D eigenvalue weighted by Crippen LogP contribution is 2.38. The highest BCUT2D eigenvalue weighted by atomic mass is 16.5. The lowest BCUT2D eigenvalue weighted by Crippen LogP contribution is -2.43. The molecule has 0 aromatic carbocycles. The Morgan fingerprint density at radius 2 is 1.95 bits per heavy atom. The van der Waals surface area contributed by atoms with Crippen LogP contribution in [0.4, 0.5) is 0 Å². The minimum absolute atomic E-state index is 0.0346. The monoisotopic (exact) mass is 271 g/mol. The largest absolute Gasteiger partial charge is 0.481 e. The molecular formula is C14H25NO4.